The van der Waals surface area contributed by atoms with Crippen molar-refractivity contribution < 1.29 is 24.2 Å². The molecule has 0 aromatic heterocycles. The van der Waals surface area contributed by atoms with E-state index in [0.717, 1.165) is 0 Å². The molecule has 1 fully saturated rings. The zero-order valence-electron chi connectivity index (χ0n) is 12.5. The first-order valence-electron chi connectivity index (χ1n) is 7.15. The molecule has 8 heteroatoms. The highest BCUT2D eigenvalue weighted by molar-refractivity contribution is 6.33. The number of carbonyl (C=O) groups excluding carboxylic acids is 2. The van der Waals surface area contributed by atoms with Crippen molar-refractivity contribution in [3.05, 3.63) is 28.8 Å². The number of imide groups is 1. The summed E-state index contributed by atoms with van der Waals surface area (Å²) in [6.45, 7) is 2.29. The van der Waals surface area contributed by atoms with E-state index in [2.05, 4.69) is 5.32 Å². The second kappa shape index (κ2) is 7.32. The van der Waals surface area contributed by atoms with Crippen molar-refractivity contribution in [2.24, 2.45) is 0 Å². The summed E-state index contributed by atoms with van der Waals surface area (Å²) in [4.78, 5) is 35.6. The van der Waals surface area contributed by atoms with Crippen LogP contribution in [-0.2, 0) is 4.79 Å². The Bertz CT molecular complexity index is 634. The fourth-order valence-electron chi connectivity index (χ4n) is 2.17. The number of carboxylic acids is 1. The lowest BCUT2D eigenvalue weighted by Gasteiger charge is -2.19. The SMILES string of the molecule is CC(COc1ccc(Cl)c(C(=O)O)c1)NC(=O)N1CCCC1=O. The van der Waals surface area contributed by atoms with E-state index in [1.807, 2.05) is 0 Å². The molecule has 1 atom stereocenters. The minimum absolute atomic E-state index is 0.0523. The first-order valence-corrected chi connectivity index (χ1v) is 7.53. The number of ether oxygens (including phenoxy) is 1. The molecule has 23 heavy (non-hydrogen) atoms. The molecule has 2 N–H and O–H groups in total. The number of carbonyl (C=O) groups is 3. The summed E-state index contributed by atoms with van der Waals surface area (Å²) in [5, 5.41) is 11.8. The van der Waals surface area contributed by atoms with Crippen LogP contribution in [0.1, 0.15) is 30.1 Å². The van der Waals surface area contributed by atoms with Crippen molar-refractivity contribution >= 4 is 29.5 Å². The summed E-state index contributed by atoms with van der Waals surface area (Å²) in [6, 6.07) is 3.52. The minimum atomic E-state index is -1.14. The molecule has 7 nitrogen and oxygen atoms in total. The number of urea groups is 1. The van der Waals surface area contributed by atoms with Gasteiger partial charge in [-0.05, 0) is 31.5 Å². The number of hydrogen-bond donors (Lipinski definition) is 2. The van der Waals surface area contributed by atoms with Crippen LogP contribution >= 0.6 is 11.6 Å². The topological polar surface area (TPSA) is 95.9 Å². The van der Waals surface area contributed by atoms with Crippen LogP contribution in [0.2, 0.25) is 5.02 Å². The first kappa shape index (κ1) is 17.1. The Morgan fingerprint density at radius 2 is 2.22 bits per heavy atom. The van der Waals surface area contributed by atoms with Crippen LogP contribution in [0, 0.1) is 0 Å². The standard InChI is InChI=1S/C15H17ClN2O5/c1-9(17-15(22)18-6-2-3-13(18)19)8-23-10-4-5-12(16)11(7-10)14(20)21/h4-5,7,9H,2-3,6,8H2,1H3,(H,17,22)(H,20,21). The molecule has 1 aliphatic heterocycles. The Kier molecular flexibility index (Phi) is 5.44. The van der Waals surface area contributed by atoms with E-state index in [-0.39, 0.29) is 29.1 Å². The molecule has 0 radical (unpaired) electrons. The molecule has 2 rings (SSSR count). The van der Waals surface area contributed by atoms with Gasteiger partial charge in [-0.25, -0.2) is 9.59 Å². The molecular formula is C15H17ClN2O5. The molecule has 3 amide bonds. The van der Waals surface area contributed by atoms with Crippen LogP contribution in [0.25, 0.3) is 0 Å². The molecule has 1 aliphatic rings. The van der Waals surface area contributed by atoms with Crippen molar-refractivity contribution in [2.45, 2.75) is 25.8 Å². The number of halogens is 1. The number of aromatic carboxylic acids is 1. The largest absolute Gasteiger partial charge is 0.491 e. The Hall–Kier alpha value is -2.28. The summed E-state index contributed by atoms with van der Waals surface area (Å²) in [5.74, 6) is -0.987. The molecule has 1 aromatic carbocycles. The smallest absolute Gasteiger partial charge is 0.337 e. The second-order valence-corrected chi connectivity index (χ2v) is 5.66. The molecule has 0 saturated carbocycles. The number of nitrogens with one attached hydrogen (secondary N) is 1. The maximum absolute atomic E-state index is 11.9. The van der Waals surface area contributed by atoms with Gasteiger partial charge in [-0.3, -0.25) is 9.69 Å². The molecule has 1 saturated heterocycles. The van der Waals surface area contributed by atoms with Gasteiger partial charge in [-0.1, -0.05) is 11.6 Å². The molecule has 0 spiro atoms. The maximum atomic E-state index is 11.9. The Balaban J connectivity index is 1.88. The number of likely N-dealkylation sites (tertiary alicyclic amines) is 1. The van der Waals surface area contributed by atoms with E-state index < -0.39 is 12.0 Å². The van der Waals surface area contributed by atoms with Crippen LogP contribution in [0.15, 0.2) is 18.2 Å². The average Bonchev–Trinajstić information content (AvgIpc) is 2.92. The second-order valence-electron chi connectivity index (χ2n) is 5.26. The van der Waals surface area contributed by atoms with E-state index in [1.54, 1.807) is 13.0 Å². The average molecular weight is 341 g/mol. The molecule has 1 aromatic rings. The lowest BCUT2D eigenvalue weighted by atomic mass is 10.2. The number of amides is 3. The molecule has 1 heterocycles. The minimum Gasteiger partial charge on any atom is -0.491 e. The highest BCUT2D eigenvalue weighted by atomic mass is 35.5. The van der Waals surface area contributed by atoms with Gasteiger partial charge < -0.3 is 15.2 Å². The van der Waals surface area contributed by atoms with Crippen LogP contribution in [0.5, 0.6) is 5.75 Å². The third-order valence-corrected chi connectivity index (χ3v) is 3.69. The van der Waals surface area contributed by atoms with Crippen molar-refractivity contribution in [3.8, 4) is 5.75 Å². The van der Waals surface area contributed by atoms with Crippen LogP contribution in [0.3, 0.4) is 0 Å². The summed E-state index contributed by atoms with van der Waals surface area (Å²) < 4.78 is 5.46. The summed E-state index contributed by atoms with van der Waals surface area (Å²) in [5.41, 5.74) is -0.0523. The highest BCUT2D eigenvalue weighted by Gasteiger charge is 2.27. The normalized spacial score (nSPS) is 15.4. The quantitative estimate of drug-likeness (QED) is 0.856. The summed E-state index contributed by atoms with van der Waals surface area (Å²) in [7, 11) is 0. The van der Waals surface area contributed by atoms with E-state index in [4.69, 9.17) is 21.4 Å². The predicted molar refractivity (Wildman–Crippen MR) is 82.8 cm³/mol. The lowest BCUT2D eigenvalue weighted by molar-refractivity contribution is -0.125. The number of nitrogens with zero attached hydrogens (tertiary/aromatic N) is 1. The van der Waals surface area contributed by atoms with Gasteiger partial charge in [0.2, 0.25) is 5.91 Å². The van der Waals surface area contributed by atoms with Gasteiger partial charge >= 0.3 is 12.0 Å². The molecule has 1 unspecified atom stereocenters. The molecule has 0 aliphatic carbocycles. The molecule has 124 valence electrons. The van der Waals surface area contributed by atoms with Crippen molar-refractivity contribution in [3.63, 3.8) is 0 Å². The van der Waals surface area contributed by atoms with Crippen LogP contribution < -0.4 is 10.1 Å². The van der Waals surface area contributed by atoms with Gasteiger partial charge in [-0.15, -0.1) is 0 Å². The van der Waals surface area contributed by atoms with Crippen LogP contribution in [0.4, 0.5) is 4.79 Å². The fourth-order valence-corrected chi connectivity index (χ4v) is 2.37. The Morgan fingerprint density at radius 1 is 1.48 bits per heavy atom. The first-order chi connectivity index (χ1) is 10.9. The summed E-state index contributed by atoms with van der Waals surface area (Å²) >= 11 is 5.78. The Labute approximate surface area is 138 Å². The zero-order valence-corrected chi connectivity index (χ0v) is 13.3. The monoisotopic (exact) mass is 340 g/mol. The van der Waals surface area contributed by atoms with Gasteiger partial charge in [0, 0.05) is 13.0 Å². The molecule has 0 bridgehead atoms. The van der Waals surface area contributed by atoms with Crippen molar-refractivity contribution in [2.75, 3.05) is 13.2 Å². The number of hydrogen-bond acceptors (Lipinski definition) is 4. The van der Waals surface area contributed by atoms with E-state index in [0.29, 0.717) is 25.1 Å². The van der Waals surface area contributed by atoms with E-state index >= 15 is 0 Å². The van der Waals surface area contributed by atoms with E-state index in [1.165, 1.54) is 17.0 Å². The van der Waals surface area contributed by atoms with Crippen molar-refractivity contribution in [1.29, 1.82) is 0 Å². The maximum Gasteiger partial charge on any atom is 0.337 e. The third-order valence-electron chi connectivity index (χ3n) is 3.36. The summed E-state index contributed by atoms with van der Waals surface area (Å²) in [6.07, 6.45) is 1.07. The van der Waals surface area contributed by atoms with Crippen molar-refractivity contribution in [1.82, 2.24) is 10.2 Å². The van der Waals surface area contributed by atoms with Gasteiger partial charge in [0.1, 0.15) is 12.4 Å². The van der Waals surface area contributed by atoms with Gasteiger partial charge in [-0.2, -0.15) is 0 Å². The number of carboxylic acid groups (broad SMARTS) is 1. The zero-order chi connectivity index (χ0) is 17.0. The van der Waals surface area contributed by atoms with Gasteiger partial charge in [0.15, 0.2) is 0 Å². The van der Waals surface area contributed by atoms with Crippen LogP contribution in [-0.4, -0.2) is 47.1 Å². The van der Waals surface area contributed by atoms with Gasteiger partial charge in [0.05, 0.1) is 16.6 Å². The lowest BCUT2D eigenvalue weighted by Crippen LogP contribution is -2.46. The fraction of sp³-hybridized carbons (Fsp3) is 0.400. The van der Waals surface area contributed by atoms with Gasteiger partial charge in [0.25, 0.3) is 0 Å². The Morgan fingerprint density at radius 3 is 2.83 bits per heavy atom. The number of rotatable bonds is 5. The van der Waals surface area contributed by atoms with E-state index in [9.17, 15) is 14.4 Å². The molecular weight excluding hydrogens is 324 g/mol. The third kappa shape index (κ3) is 4.35. The predicted octanol–water partition coefficient (Wildman–Crippen LogP) is 2.14. The number of benzene rings is 1. The highest BCUT2D eigenvalue weighted by Crippen LogP contribution is 2.22.